The van der Waals surface area contributed by atoms with Crippen LogP contribution >= 0.6 is 11.3 Å². The minimum absolute atomic E-state index is 0.125. The number of thiazole rings is 1. The molecule has 2 N–H and O–H groups in total. The largest absolute Gasteiger partial charge is 0.364 e. The average molecular weight is 454 g/mol. The minimum atomic E-state index is -0.703. The molecule has 0 radical (unpaired) electrons. The van der Waals surface area contributed by atoms with Crippen LogP contribution in [0, 0.1) is 29.5 Å². The van der Waals surface area contributed by atoms with Gasteiger partial charge in [-0.25, -0.2) is 29.3 Å². The monoisotopic (exact) mass is 453 g/mol. The van der Waals surface area contributed by atoms with Crippen LogP contribution < -0.4 is 5.32 Å². The molecule has 4 aromatic rings. The van der Waals surface area contributed by atoms with Gasteiger partial charge in [0.05, 0.1) is 11.8 Å². The summed E-state index contributed by atoms with van der Waals surface area (Å²) in [5, 5.41) is 5.66. The second-order valence-electron chi connectivity index (χ2n) is 8.69. The highest BCUT2D eigenvalue weighted by atomic mass is 32.1. The average Bonchev–Trinajstić information content (AvgIpc) is 3.48. The van der Waals surface area contributed by atoms with Crippen molar-refractivity contribution in [2.24, 2.45) is 17.8 Å². The van der Waals surface area contributed by atoms with Gasteiger partial charge in [0.1, 0.15) is 16.2 Å². The van der Waals surface area contributed by atoms with E-state index in [1.54, 1.807) is 17.8 Å². The number of aromatic nitrogens is 6. The molecule has 2 atom stereocenters. The molecule has 10 heteroatoms. The zero-order chi connectivity index (χ0) is 21.8. The van der Waals surface area contributed by atoms with Crippen LogP contribution in [0.25, 0.3) is 33.3 Å². The fourth-order valence-corrected chi connectivity index (χ4v) is 5.96. The predicted octanol–water partition coefficient (Wildman–Crippen LogP) is 5.05. The third-order valence-corrected chi connectivity index (χ3v) is 7.80. The van der Waals surface area contributed by atoms with Gasteiger partial charge in [-0.05, 0) is 43.4 Å². The van der Waals surface area contributed by atoms with Crippen molar-refractivity contribution in [1.82, 2.24) is 29.9 Å². The van der Waals surface area contributed by atoms with Crippen LogP contribution in [0.3, 0.4) is 0 Å². The molecule has 3 saturated carbocycles. The number of hydrogen-bond acceptors (Lipinski definition) is 7. The van der Waals surface area contributed by atoms with Crippen molar-refractivity contribution in [1.29, 1.82) is 0 Å². The number of fused-ring (bicyclic) bond motifs is 4. The highest BCUT2D eigenvalue weighted by molar-refractivity contribution is 7.13. The van der Waals surface area contributed by atoms with Gasteiger partial charge in [-0.15, -0.1) is 11.3 Å². The van der Waals surface area contributed by atoms with Crippen LogP contribution in [0.5, 0.6) is 0 Å². The van der Waals surface area contributed by atoms with Crippen molar-refractivity contribution in [3.63, 3.8) is 0 Å². The van der Waals surface area contributed by atoms with E-state index in [0.29, 0.717) is 39.5 Å². The van der Waals surface area contributed by atoms with E-state index < -0.39 is 11.8 Å². The van der Waals surface area contributed by atoms with E-state index in [4.69, 9.17) is 0 Å². The highest BCUT2D eigenvalue weighted by Crippen LogP contribution is 2.46. The summed E-state index contributed by atoms with van der Waals surface area (Å²) in [6, 6.07) is 0.157. The fourth-order valence-electron chi connectivity index (χ4n) is 5.35. The van der Waals surface area contributed by atoms with E-state index in [2.05, 4.69) is 42.1 Å². The molecule has 2 bridgehead atoms. The first-order valence-electron chi connectivity index (χ1n) is 10.8. The normalized spacial score (nSPS) is 24.8. The van der Waals surface area contributed by atoms with Gasteiger partial charge >= 0.3 is 0 Å². The molecular weight excluding hydrogens is 432 g/mol. The van der Waals surface area contributed by atoms with E-state index in [-0.39, 0.29) is 23.4 Å². The lowest BCUT2D eigenvalue weighted by molar-refractivity contribution is 0.0926. The molecule has 0 aromatic carbocycles. The molecule has 3 aliphatic carbocycles. The molecule has 3 aliphatic rings. The van der Waals surface area contributed by atoms with Crippen LogP contribution in [0.2, 0.25) is 0 Å². The smallest absolute Gasteiger partial charge is 0.232 e. The second kappa shape index (κ2) is 7.54. The summed E-state index contributed by atoms with van der Waals surface area (Å²) in [5.74, 6) is 0.788. The van der Waals surface area contributed by atoms with E-state index in [0.717, 1.165) is 19.0 Å². The number of halogens is 2. The Morgan fingerprint density at radius 3 is 2.62 bits per heavy atom. The van der Waals surface area contributed by atoms with Gasteiger partial charge in [0.15, 0.2) is 23.1 Å². The molecule has 0 aliphatic heterocycles. The van der Waals surface area contributed by atoms with Crippen LogP contribution in [-0.2, 0) is 0 Å². The Balaban J connectivity index is 1.48. The highest BCUT2D eigenvalue weighted by Gasteiger charge is 2.41. The fraction of sp³-hybridized carbons (Fsp3) is 0.409. The molecule has 0 spiro atoms. The summed E-state index contributed by atoms with van der Waals surface area (Å²) in [6.45, 7) is 2.24. The van der Waals surface area contributed by atoms with Crippen molar-refractivity contribution in [3.8, 4) is 22.1 Å². The second-order valence-corrected chi connectivity index (χ2v) is 9.59. The third-order valence-electron chi connectivity index (χ3n) is 7.02. The minimum Gasteiger partial charge on any atom is -0.364 e. The van der Waals surface area contributed by atoms with E-state index >= 15 is 4.39 Å². The molecule has 4 heterocycles. The summed E-state index contributed by atoms with van der Waals surface area (Å²) in [4.78, 5) is 24.2. The van der Waals surface area contributed by atoms with Crippen LogP contribution in [0.1, 0.15) is 32.6 Å². The zero-order valence-corrected chi connectivity index (χ0v) is 18.2. The third kappa shape index (κ3) is 3.16. The van der Waals surface area contributed by atoms with Crippen molar-refractivity contribution in [2.75, 3.05) is 5.32 Å². The molecule has 7 rings (SSSR count). The number of nitrogens with one attached hydrogen (secondary N) is 2. The molecule has 0 unspecified atom stereocenters. The summed E-state index contributed by atoms with van der Waals surface area (Å²) in [6.07, 6.45) is 9.07. The first kappa shape index (κ1) is 19.7. The first-order chi connectivity index (χ1) is 15.6. The summed E-state index contributed by atoms with van der Waals surface area (Å²) in [5.41, 5.74) is 1.31. The lowest BCUT2D eigenvalue weighted by atomic mass is 9.62. The van der Waals surface area contributed by atoms with Crippen LogP contribution in [-0.4, -0.2) is 35.9 Å². The Hall–Kier alpha value is -3.01. The molecule has 164 valence electrons. The Morgan fingerprint density at radius 2 is 1.88 bits per heavy atom. The molecular formula is C22H21F2N7S. The number of aromatic amines is 1. The van der Waals surface area contributed by atoms with Crippen molar-refractivity contribution in [3.05, 3.63) is 35.7 Å². The Morgan fingerprint density at radius 1 is 1.06 bits per heavy atom. The maximum absolute atomic E-state index is 15.6. The lowest BCUT2D eigenvalue weighted by Crippen LogP contribution is -2.47. The predicted molar refractivity (Wildman–Crippen MR) is 118 cm³/mol. The van der Waals surface area contributed by atoms with Gasteiger partial charge in [-0.1, -0.05) is 6.92 Å². The zero-order valence-electron chi connectivity index (χ0n) is 17.3. The van der Waals surface area contributed by atoms with Gasteiger partial charge < -0.3 is 10.3 Å². The Bertz CT molecular complexity index is 1280. The molecule has 0 saturated heterocycles. The number of hydrogen-bond donors (Lipinski definition) is 2. The maximum Gasteiger partial charge on any atom is 0.232 e. The standard InChI is InChI=1S/C22H21F2N7S/c1-10-11-2-4-12(5-3-11)16(10)29-20-15(24)18(22-25-6-7-32-22)30-19(31-20)13-8-26-21-17(13)28-14(23)9-27-21/h6-12,16H,2-5H2,1H3,(H,26,27)(H,29,30,31)/t10-,11?,12?,16+/m0/s1. The number of H-pyrrole nitrogens is 1. The number of nitrogens with zero attached hydrogens (tertiary/aromatic N) is 5. The van der Waals surface area contributed by atoms with Crippen LogP contribution in [0.4, 0.5) is 14.6 Å². The molecule has 0 amide bonds. The molecule has 7 nitrogen and oxygen atoms in total. The topological polar surface area (TPSA) is 92.3 Å². The molecule has 4 aromatic heterocycles. The van der Waals surface area contributed by atoms with Crippen molar-refractivity contribution in [2.45, 2.75) is 38.6 Å². The summed E-state index contributed by atoms with van der Waals surface area (Å²) < 4.78 is 29.4. The summed E-state index contributed by atoms with van der Waals surface area (Å²) >= 11 is 1.30. The van der Waals surface area contributed by atoms with Crippen molar-refractivity contribution < 1.29 is 8.78 Å². The van der Waals surface area contributed by atoms with Crippen molar-refractivity contribution >= 4 is 28.3 Å². The van der Waals surface area contributed by atoms with E-state index in [1.807, 2.05) is 0 Å². The SMILES string of the molecule is C[C@H]1C2CCC(CC2)[C@@H]1Nc1nc(-c2c[nH]c3ncc(F)nc23)nc(-c2nccs2)c1F. The van der Waals surface area contributed by atoms with Gasteiger partial charge in [0.2, 0.25) is 5.95 Å². The lowest BCUT2D eigenvalue weighted by Gasteiger charge is -2.47. The van der Waals surface area contributed by atoms with Gasteiger partial charge in [0.25, 0.3) is 0 Å². The number of rotatable bonds is 4. The molecule has 3 fully saturated rings. The quantitative estimate of drug-likeness (QED) is 0.449. The Kier molecular flexibility index (Phi) is 4.63. The molecule has 32 heavy (non-hydrogen) atoms. The van der Waals surface area contributed by atoms with Gasteiger partial charge in [0, 0.05) is 23.8 Å². The summed E-state index contributed by atoms with van der Waals surface area (Å²) in [7, 11) is 0. The van der Waals surface area contributed by atoms with Gasteiger partial charge in [-0.3, -0.25) is 0 Å². The van der Waals surface area contributed by atoms with E-state index in [1.165, 1.54) is 24.2 Å². The number of anilines is 1. The van der Waals surface area contributed by atoms with Gasteiger partial charge in [-0.2, -0.15) is 4.39 Å². The first-order valence-corrected chi connectivity index (χ1v) is 11.7. The van der Waals surface area contributed by atoms with Crippen LogP contribution in [0.15, 0.2) is 24.0 Å². The maximum atomic E-state index is 15.6. The Labute approximate surface area is 186 Å². The van der Waals surface area contributed by atoms with E-state index in [9.17, 15) is 4.39 Å².